The first-order valence-electron chi connectivity index (χ1n) is 5.31. The fourth-order valence-electron chi connectivity index (χ4n) is 1.90. The zero-order chi connectivity index (χ0) is 10.7. The standard InChI is InChI=1S/C10H16N4S/c1-14-9(6-7-11-14)13-10(15)12-8-4-2-3-5-8/h6-8H,2-5H2,1H3,(H2,12,13,15). The first kappa shape index (κ1) is 10.4. The predicted octanol–water partition coefficient (Wildman–Crippen LogP) is 1.65. The SMILES string of the molecule is Cn1nccc1NC(=S)NC1CCCC1. The lowest BCUT2D eigenvalue weighted by Gasteiger charge is -2.15. The monoisotopic (exact) mass is 224 g/mol. The maximum absolute atomic E-state index is 5.23. The molecule has 0 spiro atoms. The number of rotatable bonds is 2. The molecule has 15 heavy (non-hydrogen) atoms. The van der Waals surface area contributed by atoms with Gasteiger partial charge in [0.2, 0.25) is 0 Å². The number of nitrogens with zero attached hydrogens (tertiary/aromatic N) is 2. The summed E-state index contributed by atoms with van der Waals surface area (Å²) in [6.45, 7) is 0. The fourth-order valence-corrected chi connectivity index (χ4v) is 2.18. The number of hydrogen-bond donors (Lipinski definition) is 2. The Morgan fingerprint density at radius 1 is 1.53 bits per heavy atom. The first-order chi connectivity index (χ1) is 7.25. The van der Waals surface area contributed by atoms with Gasteiger partial charge in [-0.3, -0.25) is 4.68 Å². The van der Waals surface area contributed by atoms with Crippen LogP contribution in [0.4, 0.5) is 5.82 Å². The minimum absolute atomic E-state index is 0.554. The first-order valence-corrected chi connectivity index (χ1v) is 5.72. The van der Waals surface area contributed by atoms with Gasteiger partial charge in [0.25, 0.3) is 0 Å². The van der Waals surface area contributed by atoms with E-state index in [1.165, 1.54) is 25.7 Å². The highest BCUT2D eigenvalue weighted by atomic mass is 32.1. The minimum atomic E-state index is 0.554. The number of aryl methyl sites for hydroxylation is 1. The number of nitrogens with one attached hydrogen (secondary N) is 2. The van der Waals surface area contributed by atoms with Gasteiger partial charge < -0.3 is 10.6 Å². The van der Waals surface area contributed by atoms with Gasteiger partial charge in [-0.1, -0.05) is 12.8 Å². The molecule has 2 N–H and O–H groups in total. The van der Waals surface area contributed by atoms with Crippen LogP contribution in [0, 0.1) is 0 Å². The van der Waals surface area contributed by atoms with Crippen molar-refractivity contribution in [2.24, 2.45) is 7.05 Å². The summed E-state index contributed by atoms with van der Waals surface area (Å²) in [4.78, 5) is 0. The van der Waals surface area contributed by atoms with E-state index < -0.39 is 0 Å². The van der Waals surface area contributed by atoms with Crippen molar-refractivity contribution in [3.8, 4) is 0 Å². The van der Waals surface area contributed by atoms with E-state index in [4.69, 9.17) is 12.2 Å². The fraction of sp³-hybridized carbons (Fsp3) is 0.600. The summed E-state index contributed by atoms with van der Waals surface area (Å²) >= 11 is 5.23. The third-order valence-corrected chi connectivity index (χ3v) is 2.97. The van der Waals surface area contributed by atoms with Crippen LogP contribution < -0.4 is 10.6 Å². The maximum Gasteiger partial charge on any atom is 0.172 e. The topological polar surface area (TPSA) is 41.9 Å². The number of thiocarbonyl (C=S) groups is 1. The molecule has 0 unspecified atom stereocenters. The molecule has 1 aliphatic carbocycles. The Kier molecular flexibility index (Phi) is 3.20. The smallest absolute Gasteiger partial charge is 0.172 e. The van der Waals surface area contributed by atoms with E-state index in [2.05, 4.69) is 15.7 Å². The number of hydrogen-bond acceptors (Lipinski definition) is 2. The summed E-state index contributed by atoms with van der Waals surface area (Å²) in [5, 5.41) is 11.2. The zero-order valence-electron chi connectivity index (χ0n) is 8.86. The van der Waals surface area contributed by atoms with Crippen LogP contribution in [-0.2, 0) is 7.05 Å². The third-order valence-electron chi connectivity index (χ3n) is 2.75. The molecular weight excluding hydrogens is 208 g/mol. The van der Waals surface area contributed by atoms with Gasteiger partial charge in [0.1, 0.15) is 5.82 Å². The molecule has 0 radical (unpaired) electrons. The summed E-state index contributed by atoms with van der Waals surface area (Å²) in [6, 6.07) is 2.46. The van der Waals surface area contributed by atoms with Crippen molar-refractivity contribution in [2.45, 2.75) is 31.7 Å². The molecule has 1 heterocycles. The Balaban J connectivity index is 1.84. The van der Waals surface area contributed by atoms with Crippen molar-refractivity contribution in [2.75, 3.05) is 5.32 Å². The quantitative estimate of drug-likeness (QED) is 0.750. The molecule has 4 nitrogen and oxygen atoms in total. The van der Waals surface area contributed by atoms with E-state index in [-0.39, 0.29) is 0 Å². The van der Waals surface area contributed by atoms with Crippen LogP contribution in [0.2, 0.25) is 0 Å². The molecule has 0 bridgehead atoms. The second kappa shape index (κ2) is 4.61. The normalized spacial score (nSPS) is 16.6. The molecule has 82 valence electrons. The van der Waals surface area contributed by atoms with Gasteiger partial charge in [-0.2, -0.15) is 5.10 Å². The van der Waals surface area contributed by atoms with Crippen LogP contribution in [0.5, 0.6) is 0 Å². The van der Waals surface area contributed by atoms with Crippen LogP contribution in [-0.4, -0.2) is 20.9 Å². The minimum Gasteiger partial charge on any atom is -0.360 e. The van der Waals surface area contributed by atoms with E-state index in [1.54, 1.807) is 10.9 Å². The second-order valence-corrected chi connectivity index (χ2v) is 4.33. The van der Waals surface area contributed by atoms with Crippen molar-refractivity contribution in [3.05, 3.63) is 12.3 Å². The van der Waals surface area contributed by atoms with Crippen molar-refractivity contribution < 1.29 is 0 Å². The van der Waals surface area contributed by atoms with Crippen LogP contribution in [0.25, 0.3) is 0 Å². The Hall–Kier alpha value is -1.10. The van der Waals surface area contributed by atoms with Crippen molar-refractivity contribution in [1.82, 2.24) is 15.1 Å². The molecule has 1 aliphatic rings. The highest BCUT2D eigenvalue weighted by Crippen LogP contribution is 2.17. The average molecular weight is 224 g/mol. The summed E-state index contributed by atoms with van der Waals surface area (Å²) in [5.74, 6) is 0.922. The number of anilines is 1. The Labute approximate surface area is 95.0 Å². The summed E-state index contributed by atoms with van der Waals surface area (Å²) < 4.78 is 1.77. The number of aromatic nitrogens is 2. The Bertz CT molecular complexity index is 341. The average Bonchev–Trinajstić information content (AvgIpc) is 2.79. The van der Waals surface area contributed by atoms with Gasteiger partial charge in [-0.25, -0.2) is 0 Å². The molecule has 5 heteroatoms. The molecule has 0 atom stereocenters. The van der Waals surface area contributed by atoms with Gasteiger partial charge in [-0.05, 0) is 25.1 Å². The van der Waals surface area contributed by atoms with Crippen LogP contribution >= 0.6 is 12.2 Å². The largest absolute Gasteiger partial charge is 0.360 e. The lowest BCUT2D eigenvalue weighted by molar-refractivity contribution is 0.634. The molecule has 1 fully saturated rings. The van der Waals surface area contributed by atoms with Crippen LogP contribution in [0.15, 0.2) is 12.3 Å². The van der Waals surface area contributed by atoms with E-state index in [0.29, 0.717) is 11.2 Å². The van der Waals surface area contributed by atoms with Gasteiger partial charge in [0.05, 0.1) is 6.20 Å². The van der Waals surface area contributed by atoms with Crippen molar-refractivity contribution in [3.63, 3.8) is 0 Å². The third kappa shape index (κ3) is 2.68. The highest BCUT2D eigenvalue weighted by Gasteiger charge is 2.15. The lowest BCUT2D eigenvalue weighted by atomic mass is 10.3. The van der Waals surface area contributed by atoms with E-state index >= 15 is 0 Å². The molecule has 1 saturated carbocycles. The van der Waals surface area contributed by atoms with Crippen LogP contribution in [0.1, 0.15) is 25.7 Å². The van der Waals surface area contributed by atoms with Crippen molar-refractivity contribution >= 4 is 23.1 Å². The maximum atomic E-state index is 5.23. The van der Waals surface area contributed by atoms with Gasteiger partial charge in [0, 0.05) is 19.2 Å². The highest BCUT2D eigenvalue weighted by molar-refractivity contribution is 7.80. The molecule has 0 aromatic carbocycles. The van der Waals surface area contributed by atoms with Gasteiger partial charge >= 0.3 is 0 Å². The second-order valence-electron chi connectivity index (χ2n) is 3.92. The predicted molar refractivity (Wildman–Crippen MR) is 64.8 cm³/mol. The van der Waals surface area contributed by atoms with E-state index in [0.717, 1.165) is 5.82 Å². The Morgan fingerprint density at radius 2 is 2.27 bits per heavy atom. The summed E-state index contributed by atoms with van der Waals surface area (Å²) in [6.07, 6.45) is 6.83. The van der Waals surface area contributed by atoms with E-state index in [1.807, 2.05) is 13.1 Å². The molecule has 0 amide bonds. The van der Waals surface area contributed by atoms with Gasteiger partial charge in [-0.15, -0.1) is 0 Å². The summed E-state index contributed by atoms with van der Waals surface area (Å²) in [5.41, 5.74) is 0. The zero-order valence-corrected chi connectivity index (χ0v) is 9.68. The molecule has 1 aromatic heterocycles. The molecule has 2 rings (SSSR count). The molecular formula is C10H16N4S. The molecule has 0 aliphatic heterocycles. The summed E-state index contributed by atoms with van der Waals surface area (Å²) in [7, 11) is 1.89. The Morgan fingerprint density at radius 3 is 2.87 bits per heavy atom. The van der Waals surface area contributed by atoms with Gasteiger partial charge in [0.15, 0.2) is 5.11 Å². The van der Waals surface area contributed by atoms with Crippen LogP contribution in [0.3, 0.4) is 0 Å². The lowest BCUT2D eigenvalue weighted by Crippen LogP contribution is -2.36. The molecule has 0 saturated heterocycles. The van der Waals surface area contributed by atoms with E-state index in [9.17, 15) is 0 Å². The van der Waals surface area contributed by atoms with Crippen molar-refractivity contribution in [1.29, 1.82) is 0 Å². The molecule has 1 aromatic rings.